The van der Waals surface area contributed by atoms with Gasteiger partial charge in [-0.3, -0.25) is 33.8 Å². The van der Waals surface area contributed by atoms with Crippen LogP contribution in [0, 0.1) is 5.92 Å². The lowest BCUT2D eigenvalue weighted by atomic mass is 9.99. The molecule has 280 valence electrons. The third-order valence-electron chi connectivity index (χ3n) is 7.68. The zero-order valence-electron chi connectivity index (χ0n) is 28.5. The highest BCUT2D eigenvalue weighted by Gasteiger charge is 2.33. The predicted molar refractivity (Wildman–Crippen MR) is 185 cm³/mol. The number of fused-ring (bicyclic) bond motifs is 1. The number of amides is 5. The van der Waals surface area contributed by atoms with Crippen LogP contribution in [0.5, 0.6) is 0 Å². The van der Waals surface area contributed by atoms with E-state index in [1.54, 1.807) is 20.0 Å². The van der Waals surface area contributed by atoms with E-state index >= 15 is 0 Å². The molecule has 19 heteroatoms. The topological polar surface area (TPSA) is 340 Å². The van der Waals surface area contributed by atoms with E-state index in [9.17, 15) is 43.8 Å². The van der Waals surface area contributed by atoms with Crippen LogP contribution in [0.15, 0.2) is 35.5 Å². The summed E-state index contributed by atoms with van der Waals surface area (Å²) in [6, 6.07) is 0.485. The molecule has 1 aromatic heterocycles. The van der Waals surface area contributed by atoms with Crippen molar-refractivity contribution in [2.24, 2.45) is 33.8 Å². The number of para-hydroxylation sites is 1. The number of rotatable bonds is 22. The number of aliphatic imine (C=N–C) groups is 1. The van der Waals surface area contributed by atoms with Crippen LogP contribution >= 0.6 is 0 Å². The molecule has 1 heterocycles. The van der Waals surface area contributed by atoms with E-state index in [1.807, 2.05) is 24.3 Å². The second kappa shape index (κ2) is 20.1. The van der Waals surface area contributed by atoms with Gasteiger partial charge < -0.3 is 59.4 Å². The largest absolute Gasteiger partial charge is 0.481 e. The van der Waals surface area contributed by atoms with Gasteiger partial charge in [-0.05, 0) is 43.2 Å². The molecule has 2 rings (SSSR count). The van der Waals surface area contributed by atoms with Gasteiger partial charge >= 0.3 is 11.9 Å². The van der Waals surface area contributed by atoms with Gasteiger partial charge in [-0.25, -0.2) is 4.79 Å². The Morgan fingerprint density at radius 2 is 1.39 bits per heavy atom. The summed E-state index contributed by atoms with van der Waals surface area (Å²) in [5, 5.41) is 29.3. The lowest BCUT2D eigenvalue weighted by molar-refractivity contribution is -0.144. The van der Waals surface area contributed by atoms with Gasteiger partial charge in [0.05, 0.1) is 12.5 Å². The zero-order chi connectivity index (χ0) is 38.2. The number of carboxylic acid groups (broad SMARTS) is 2. The van der Waals surface area contributed by atoms with Crippen molar-refractivity contribution in [2.75, 3.05) is 6.54 Å². The minimum atomic E-state index is -1.74. The van der Waals surface area contributed by atoms with Crippen molar-refractivity contribution in [1.29, 1.82) is 0 Å². The first-order valence-corrected chi connectivity index (χ1v) is 16.3. The van der Waals surface area contributed by atoms with Crippen LogP contribution in [0.4, 0.5) is 0 Å². The van der Waals surface area contributed by atoms with E-state index < -0.39 is 90.9 Å². The summed E-state index contributed by atoms with van der Waals surface area (Å²) in [6.45, 7) is 3.78. The highest BCUT2D eigenvalue weighted by molar-refractivity contribution is 5.96. The average molecular weight is 717 g/mol. The molecule has 19 nitrogen and oxygen atoms in total. The molecule has 0 bridgehead atoms. The van der Waals surface area contributed by atoms with Crippen molar-refractivity contribution in [3.63, 3.8) is 0 Å². The first-order chi connectivity index (χ1) is 24.0. The number of primary amides is 1. The fraction of sp³-hybridized carbons (Fsp3) is 0.500. The molecule has 0 saturated heterocycles. The minimum absolute atomic E-state index is 0.00158. The molecule has 15 N–H and O–H groups in total. The first-order valence-electron chi connectivity index (χ1n) is 16.3. The molecule has 0 spiro atoms. The van der Waals surface area contributed by atoms with E-state index in [-0.39, 0.29) is 37.7 Å². The van der Waals surface area contributed by atoms with Gasteiger partial charge in [-0.1, -0.05) is 32.0 Å². The van der Waals surface area contributed by atoms with Crippen LogP contribution in [0.3, 0.4) is 0 Å². The fourth-order valence-corrected chi connectivity index (χ4v) is 5.12. The number of nitrogens with one attached hydrogen (secondary N) is 5. The molecule has 5 amide bonds. The normalized spacial score (nSPS) is 14.0. The highest BCUT2D eigenvalue weighted by atomic mass is 16.4. The smallest absolute Gasteiger partial charge is 0.326 e. The molecule has 0 aliphatic heterocycles. The maximum Gasteiger partial charge on any atom is 0.326 e. The molecule has 0 unspecified atom stereocenters. The number of nitrogens with zero attached hydrogens (tertiary/aromatic N) is 1. The molecule has 0 aliphatic carbocycles. The molecule has 0 aliphatic rings. The number of aromatic amines is 1. The number of carboxylic acids is 2. The number of H-pyrrole nitrogens is 1. The number of aliphatic carboxylic acids is 2. The minimum Gasteiger partial charge on any atom is -0.481 e. The zero-order valence-corrected chi connectivity index (χ0v) is 28.5. The maximum atomic E-state index is 13.9. The van der Waals surface area contributed by atoms with Crippen molar-refractivity contribution < 1.29 is 43.8 Å². The Morgan fingerprint density at radius 1 is 0.804 bits per heavy atom. The molecule has 51 heavy (non-hydrogen) atoms. The number of hydrogen-bond donors (Lipinski definition) is 11. The van der Waals surface area contributed by atoms with E-state index in [1.165, 1.54) is 0 Å². The van der Waals surface area contributed by atoms with Gasteiger partial charge in [0.1, 0.15) is 24.2 Å². The summed E-state index contributed by atoms with van der Waals surface area (Å²) < 4.78 is 0. The number of guanidine groups is 1. The standard InChI is InChI=1S/C32H48N10O9/c1-16(2)12-22(29(48)39-21(9-10-26(44)45)28(47)42-24(31(50)51)14-25(34)43)41-30(49)23(13-17-15-38-20-8-4-3-6-18(17)20)40-27(46)19(33)7-5-11-37-32(35)36/h3-4,6,8,15-16,19,21-24,38H,5,7,9-14,33H2,1-2H3,(H2,34,43)(H,39,48)(H,40,46)(H,41,49)(H,42,47)(H,44,45)(H,50,51)(H4,35,36,37)/t19-,21-,22-,23-,24-/m0/s1. The molecule has 0 saturated carbocycles. The highest BCUT2D eigenvalue weighted by Crippen LogP contribution is 2.20. The SMILES string of the molecule is CC(C)C[C@H](NC(=O)[C@H](Cc1c[nH]c2ccccc12)NC(=O)[C@@H](N)CCCN=C(N)N)C(=O)N[C@@H](CCC(=O)O)C(=O)N[C@@H](CC(N)=O)C(=O)O. The Labute approximate surface area is 293 Å². The monoisotopic (exact) mass is 716 g/mol. The van der Waals surface area contributed by atoms with E-state index in [2.05, 4.69) is 31.2 Å². The summed E-state index contributed by atoms with van der Waals surface area (Å²) in [5.74, 6) is -7.53. The van der Waals surface area contributed by atoms with Gasteiger partial charge in [0, 0.05) is 36.5 Å². The fourth-order valence-electron chi connectivity index (χ4n) is 5.12. The molecular formula is C32H48N10O9. The third-order valence-corrected chi connectivity index (χ3v) is 7.68. The predicted octanol–water partition coefficient (Wildman–Crippen LogP) is -2.10. The summed E-state index contributed by atoms with van der Waals surface area (Å²) in [4.78, 5) is 94.9. The molecule has 0 radical (unpaired) electrons. The Kier molecular flexibility index (Phi) is 16.3. The second-order valence-electron chi connectivity index (χ2n) is 12.4. The molecule has 0 fully saturated rings. The second-order valence-corrected chi connectivity index (χ2v) is 12.4. The Hall–Kier alpha value is -5.72. The van der Waals surface area contributed by atoms with Crippen LogP contribution in [0.2, 0.25) is 0 Å². The van der Waals surface area contributed by atoms with E-state index in [0.29, 0.717) is 12.0 Å². The van der Waals surface area contributed by atoms with Gasteiger partial charge in [0.2, 0.25) is 29.5 Å². The van der Waals surface area contributed by atoms with Crippen molar-refractivity contribution in [3.8, 4) is 0 Å². The van der Waals surface area contributed by atoms with Gasteiger partial charge in [0.25, 0.3) is 0 Å². The van der Waals surface area contributed by atoms with Crippen LogP contribution in [0.1, 0.15) is 57.9 Å². The van der Waals surface area contributed by atoms with Crippen molar-refractivity contribution in [3.05, 3.63) is 36.0 Å². The van der Waals surface area contributed by atoms with Crippen molar-refractivity contribution in [1.82, 2.24) is 26.3 Å². The van der Waals surface area contributed by atoms with E-state index in [4.69, 9.17) is 22.9 Å². The van der Waals surface area contributed by atoms with Crippen LogP contribution in [-0.2, 0) is 40.0 Å². The molecule has 5 atom stereocenters. The lowest BCUT2D eigenvalue weighted by Gasteiger charge is -2.27. The first kappa shape index (κ1) is 41.5. The number of hydrogen-bond acceptors (Lipinski definition) is 9. The van der Waals surface area contributed by atoms with Gasteiger partial charge in [-0.15, -0.1) is 0 Å². The van der Waals surface area contributed by atoms with Crippen molar-refractivity contribution in [2.45, 2.75) is 89.0 Å². The van der Waals surface area contributed by atoms with Gasteiger partial charge in [-0.2, -0.15) is 0 Å². The summed E-state index contributed by atoms with van der Waals surface area (Å²) in [7, 11) is 0. The summed E-state index contributed by atoms with van der Waals surface area (Å²) in [5.41, 5.74) is 23.3. The number of carbonyl (C=O) groups excluding carboxylic acids is 5. The van der Waals surface area contributed by atoms with Crippen LogP contribution in [0.25, 0.3) is 10.9 Å². The summed E-state index contributed by atoms with van der Waals surface area (Å²) in [6.07, 6.45) is 0.547. The van der Waals surface area contributed by atoms with Crippen molar-refractivity contribution >= 4 is 58.3 Å². The Balaban J connectivity index is 2.34. The lowest BCUT2D eigenvalue weighted by Crippen LogP contribution is -2.59. The van der Waals surface area contributed by atoms with Crippen LogP contribution < -0.4 is 44.2 Å². The molecule has 1 aromatic carbocycles. The quantitative estimate of drug-likeness (QED) is 0.0355. The van der Waals surface area contributed by atoms with Gasteiger partial charge in [0.15, 0.2) is 5.96 Å². The number of benzene rings is 1. The average Bonchev–Trinajstić information content (AvgIpc) is 3.45. The third kappa shape index (κ3) is 14.3. The number of carbonyl (C=O) groups is 7. The Morgan fingerprint density at radius 3 is 2.00 bits per heavy atom. The molecule has 2 aromatic rings. The number of nitrogens with two attached hydrogens (primary N) is 4. The molecular weight excluding hydrogens is 668 g/mol. The van der Waals surface area contributed by atoms with Crippen LogP contribution in [-0.4, -0.2) is 99.4 Å². The van der Waals surface area contributed by atoms with E-state index in [0.717, 1.165) is 10.9 Å². The number of aromatic nitrogens is 1. The maximum absolute atomic E-state index is 13.9. The Bertz CT molecular complexity index is 1590. The summed E-state index contributed by atoms with van der Waals surface area (Å²) >= 11 is 0.